The first kappa shape index (κ1) is 24.5. The van der Waals surface area contributed by atoms with Crippen molar-refractivity contribution in [3.05, 3.63) is 58.9 Å². The maximum Gasteiger partial charge on any atom is 0.258 e. The van der Waals surface area contributed by atoms with E-state index in [-0.39, 0.29) is 30.4 Å². The summed E-state index contributed by atoms with van der Waals surface area (Å²) in [7, 11) is 0. The lowest BCUT2D eigenvalue weighted by Crippen LogP contribution is -2.43. The van der Waals surface area contributed by atoms with Crippen molar-refractivity contribution in [2.24, 2.45) is 5.92 Å². The van der Waals surface area contributed by atoms with Crippen molar-refractivity contribution in [2.75, 3.05) is 13.2 Å². The number of carbonyl (C=O) groups excluding carboxylic acids is 2. The van der Waals surface area contributed by atoms with Gasteiger partial charge in [-0.2, -0.15) is 0 Å². The van der Waals surface area contributed by atoms with Crippen LogP contribution in [-0.2, 0) is 22.6 Å². The summed E-state index contributed by atoms with van der Waals surface area (Å²) in [6.07, 6.45) is 7.98. The van der Waals surface area contributed by atoms with Gasteiger partial charge in [-0.3, -0.25) is 14.6 Å². The van der Waals surface area contributed by atoms with Crippen LogP contribution in [0.25, 0.3) is 0 Å². The second kappa shape index (κ2) is 10.7. The number of likely N-dealkylation sites (tertiary alicyclic amines) is 1. The molecule has 1 saturated heterocycles. The Morgan fingerprint density at radius 2 is 2.09 bits per heavy atom. The van der Waals surface area contributed by atoms with Crippen LogP contribution in [-0.4, -0.2) is 51.6 Å². The molecule has 1 unspecified atom stereocenters. The predicted octanol–water partition coefficient (Wildman–Crippen LogP) is 3.51. The van der Waals surface area contributed by atoms with E-state index in [2.05, 4.69) is 10.3 Å². The molecule has 1 atom stereocenters. The summed E-state index contributed by atoms with van der Waals surface area (Å²) in [5.74, 6) is 0.391. The zero-order valence-electron chi connectivity index (χ0n) is 19.5. The van der Waals surface area contributed by atoms with Crippen molar-refractivity contribution >= 4 is 23.4 Å². The monoisotopic (exact) mass is 485 g/mol. The molecule has 1 aliphatic carbocycles. The van der Waals surface area contributed by atoms with E-state index in [0.29, 0.717) is 23.7 Å². The number of nitrogens with one attached hydrogen (secondary N) is 1. The summed E-state index contributed by atoms with van der Waals surface area (Å²) in [6.45, 7) is 2.92. The predicted molar refractivity (Wildman–Crippen MR) is 129 cm³/mol. The fraction of sp³-hybridized carbons (Fsp3) is 0.500. The van der Waals surface area contributed by atoms with Crippen molar-refractivity contribution < 1.29 is 19.4 Å². The Bertz CT molecular complexity index is 1000. The van der Waals surface area contributed by atoms with Gasteiger partial charge >= 0.3 is 0 Å². The number of aromatic nitrogens is 1. The fourth-order valence-electron chi connectivity index (χ4n) is 4.80. The van der Waals surface area contributed by atoms with E-state index < -0.39 is 5.60 Å². The van der Waals surface area contributed by atoms with Crippen LogP contribution in [0.15, 0.2) is 42.7 Å². The van der Waals surface area contributed by atoms with Crippen LogP contribution in [0, 0.1) is 5.92 Å². The van der Waals surface area contributed by atoms with E-state index >= 15 is 0 Å². The lowest BCUT2D eigenvalue weighted by atomic mass is 9.83. The Morgan fingerprint density at radius 3 is 2.79 bits per heavy atom. The van der Waals surface area contributed by atoms with Crippen LogP contribution in [0.2, 0.25) is 5.02 Å². The van der Waals surface area contributed by atoms with Crippen molar-refractivity contribution in [1.82, 2.24) is 15.2 Å². The Hall–Kier alpha value is -2.64. The van der Waals surface area contributed by atoms with Crippen molar-refractivity contribution in [1.29, 1.82) is 0 Å². The van der Waals surface area contributed by atoms with Gasteiger partial charge < -0.3 is 20.1 Å². The normalized spacial score (nSPS) is 24.8. The van der Waals surface area contributed by atoms with Gasteiger partial charge in [0, 0.05) is 42.5 Å². The minimum Gasteiger partial charge on any atom is -0.484 e. The van der Waals surface area contributed by atoms with E-state index in [4.69, 9.17) is 16.3 Å². The van der Waals surface area contributed by atoms with Crippen LogP contribution in [0.1, 0.15) is 50.2 Å². The van der Waals surface area contributed by atoms with Gasteiger partial charge in [-0.1, -0.05) is 23.7 Å². The number of rotatable bonds is 8. The fourth-order valence-corrected chi connectivity index (χ4v) is 5.05. The number of ether oxygens (including phenoxy) is 1. The van der Waals surface area contributed by atoms with E-state index in [0.717, 1.165) is 49.8 Å². The number of aliphatic hydroxyl groups is 1. The highest BCUT2D eigenvalue weighted by atomic mass is 35.5. The molecule has 0 radical (unpaired) electrons. The van der Waals surface area contributed by atoms with E-state index in [9.17, 15) is 14.7 Å². The Kier molecular flexibility index (Phi) is 7.73. The molecule has 1 aromatic carbocycles. The molecule has 182 valence electrons. The van der Waals surface area contributed by atoms with Gasteiger partial charge in [0.1, 0.15) is 5.75 Å². The molecule has 1 aromatic heterocycles. The highest BCUT2D eigenvalue weighted by Crippen LogP contribution is 2.35. The van der Waals surface area contributed by atoms with Gasteiger partial charge in [-0.05, 0) is 74.8 Å². The van der Waals surface area contributed by atoms with E-state index in [1.807, 2.05) is 30.0 Å². The molecule has 1 aliphatic heterocycles. The molecule has 2 amide bonds. The van der Waals surface area contributed by atoms with Gasteiger partial charge in [0.05, 0.1) is 5.60 Å². The first-order valence-electron chi connectivity index (χ1n) is 11.9. The number of hydrogen-bond acceptors (Lipinski definition) is 5. The molecule has 1 saturated carbocycles. The van der Waals surface area contributed by atoms with Crippen LogP contribution in [0.5, 0.6) is 5.75 Å². The van der Waals surface area contributed by atoms with Gasteiger partial charge in [0.25, 0.3) is 5.91 Å². The molecule has 0 bridgehead atoms. The number of carbonyl (C=O) groups is 2. The van der Waals surface area contributed by atoms with Crippen LogP contribution in [0.4, 0.5) is 0 Å². The third-order valence-corrected chi connectivity index (χ3v) is 7.25. The quantitative estimate of drug-likeness (QED) is 0.597. The average Bonchev–Trinajstić information content (AvgIpc) is 3.18. The smallest absolute Gasteiger partial charge is 0.258 e. The minimum absolute atomic E-state index is 0.0787. The molecular weight excluding hydrogens is 454 g/mol. The SMILES string of the molecule is CC1(O)CCC(N2CCC(Cc3ccc(OCC(=O)NCc4cccnc4)cc3Cl)C2=O)CC1. The summed E-state index contributed by atoms with van der Waals surface area (Å²) in [6, 6.07) is 9.30. The molecule has 2 aromatic rings. The lowest BCUT2D eigenvalue weighted by Gasteiger charge is -2.37. The number of benzene rings is 1. The lowest BCUT2D eigenvalue weighted by molar-refractivity contribution is -0.134. The maximum atomic E-state index is 13.0. The van der Waals surface area contributed by atoms with Crippen LogP contribution in [0.3, 0.4) is 0 Å². The molecule has 2 N–H and O–H groups in total. The van der Waals surface area contributed by atoms with Crippen molar-refractivity contribution in [3.8, 4) is 5.75 Å². The Morgan fingerprint density at radius 1 is 1.29 bits per heavy atom. The number of hydrogen-bond donors (Lipinski definition) is 2. The van der Waals surface area contributed by atoms with Crippen LogP contribution < -0.4 is 10.1 Å². The summed E-state index contributed by atoms with van der Waals surface area (Å²) in [4.78, 5) is 31.1. The first-order chi connectivity index (χ1) is 16.3. The molecule has 2 heterocycles. The summed E-state index contributed by atoms with van der Waals surface area (Å²) in [5.41, 5.74) is 1.22. The zero-order valence-corrected chi connectivity index (χ0v) is 20.3. The van der Waals surface area contributed by atoms with Crippen LogP contribution >= 0.6 is 11.6 Å². The van der Waals surface area contributed by atoms with Gasteiger partial charge in [-0.15, -0.1) is 0 Å². The zero-order chi connectivity index (χ0) is 24.1. The minimum atomic E-state index is -0.601. The molecular formula is C26H32ClN3O4. The average molecular weight is 486 g/mol. The first-order valence-corrected chi connectivity index (χ1v) is 12.3. The number of halogens is 1. The van der Waals surface area contributed by atoms with E-state index in [1.54, 1.807) is 24.5 Å². The number of pyridine rings is 1. The van der Waals surface area contributed by atoms with Gasteiger partial charge in [-0.25, -0.2) is 0 Å². The Labute approximate surface area is 205 Å². The second-order valence-corrected chi connectivity index (χ2v) is 10.0. The maximum absolute atomic E-state index is 13.0. The topological polar surface area (TPSA) is 91.8 Å². The molecule has 4 rings (SSSR count). The molecule has 2 aliphatic rings. The summed E-state index contributed by atoms with van der Waals surface area (Å²) in [5, 5.41) is 13.5. The van der Waals surface area contributed by atoms with Crippen molar-refractivity contribution in [3.63, 3.8) is 0 Å². The highest BCUT2D eigenvalue weighted by Gasteiger charge is 2.39. The Balaban J connectivity index is 1.25. The summed E-state index contributed by atoms with van der Waals surface area (Å²) < 4.78 is 5.59. The third-order valence-electron chi connectivity index (χ3n) is 6.90. The molecule has 2 fully saturated rings. The molecule has 0 spiro atoms. The number of amides is 2. The van der Waals surface area contributed by atoms with Gasteiger partial charge in [0.2, 0.25) is 5.91 Å². The summed E-state index contributed by atoms with van der Waals surface area (Å²) >= 11 is 6.49. The molecule has 34 heavy (non-hydrogen) atoms. The standard InChI is InChI=1S/C26H32ClN3O4/c1-26(33)9-6-21(7-10-26)30-12-8-20(25(30)32)13-19-4-5-22(14-23(19)27)34-17-24(31)29-16-18-3-2-11-28-15-18/h2-5,11,14-15,20-21,33H,6-10,12-13,16-17H2,1H3,(H,29,31). The molecule has 8 heteroatoms. The highest BCUT2D eigenvalue weighted by molar-refractivity contribution is 6.31. The second-order valence-electron chi connectivity index (χ2n) is 9.63. The molecule has 7 nitrogen and oxygen atoms in total. The number of nitrogens with zero attached hydrogens (tertiary/aromatic N) is 2. The third kappa shape index (κ3) is 6.27. The van der Waals surface area contributed by atoms with Gasteiger partial charge in [0.15, 0.2) is 6.61 Å². The van der Waals surface area contributed by atoms with Crippen molar-refractivity contribution in [2.45, 2.75) is 63.6 Å². The largest absolute Gasteiger partial charge is 0.484 e. The van der Waals surface area contributed by atoms with E-state index in [1.165, 1.54) is 0 Å².